The number of nitrogens with one attached hydrogen (secondary N) is 1. The molecule has 5 rings (SSSR count). The van der Waals surface area contributed by atoms with Crippen LogP contribution < -0.4 is 10.2 Å². The first-order chi connectivity index (χ1) is 13.9. The lowest BCUT2D eigenvalue weighted by molar-refractivity contribution is -0.135. The predicted octanol–water partition coefficient (Wildman–Crippen LogP) is 1.73. The summed E-state index contributed by atoms with van der Waals surface area (Å²) in [6.07, 6.45) is 5.23. The van der Waals surface area contributed by atoms with E-state index in [1.807, 2.05) is 31.0 Å². The van der Waals surface area contributed by atoms with E-state index in [1.165, 1.54) is 12.8 Å². The third kappa shape index (κ3) is 2.78. The lowest BCUT2D eigenvalue weighted by Gasteiger charge is -2.49. The molecule has 0 spiro atoms. The topological polar surface area (TPSA) is 73.0 Å². The molecule has 2 bridgehead atoms. The van der Waals surface area contributed by atoms with E-state index in [-0.39, 0.29) is 30.3 Å². The van der Waals surface area contributed by atoms with Crippen LogP contribution in [0.1, 0.15) is 55.8 Å². The number of amides is 3. The van der Waals surface area contributed by atoms with E-state index in [9.17, 15) is 14.4 Å². The number of rotatable bonds is 3. The van der Waals surface area contributed by atoms with Gasteiger partial charge in [0.1, 0.15) is 12.2 Å². The van der Waals surface area contributed by atoms with Gasteiger partial charge in [-0.15, -0.1) is 0 Å². The van der Waals surface area contributed by atoms with Crippen LogP contribution in [0.3, 0.4) is 0 Å². The Balaban J connectivity index is 1.41. The van der Waals surface area contributed by atoms with Gasteiger partial charge in [-0.2, -0.15) is 0 Å². The Labute approximate surface area is 171 Å². The largest absolute Gasteiger partial charge is 0.341 e. The fraction of sp³-hybridized carbons (Fsp3) is 0.591. The van der Waals surface area contributed by atoms with Gasteiger partial charge in [-0.1, -0.05) is 12.1 Å². The molecule has 1 aromatic rings. The number of piperidine rings is 1. The molecule has 154 valence electrons. The number of hydrogen-bond donors (Lipinski definition) is 1. The summed E-state index contributed by atoms with van der Waals surface area (Å²) in [5, 5.41) is 3.61. The molecule has 3 saturated heterocycles. The highest BCUT2D eigenvalue weighted by Crippen LogP contribution is 2.44. The Morgan fingerprint density at radius 3 is 2.62 bits per heavy atom. The summed E-state index contributed by atoms with van der Waals surface area (Å²) < 4.78 is 0. The molecule has 7 nitrogen and oxygen atoms in total. The second-order valence-corrected chi connectivity index (χ2v) is 9.12. The van der Waals surface area contributed by atoms with Gasteiger partial charge in [0.25, 0.3) is 5.91 Å². The fourth-order valence-electron chi connectivity index (χ4n) is 5.74. The molecule has 3 unspecified atom stereocenters. The van der Waals surface area contributed by atoms with E-state index >= 15 is 0 Å². The van der Waals surface area contributed by atoms with Gasteiger partial charge in [0.15, 0.2) is 0 Å². The summed E-state index contributed by atoms with van der Waals surface area (Å²) in [5.41, 5.74) is 0.372. The molecule has 4 aliphatic rings. The van der Waals surface area contributed by atoms with Crippen molar-refractivity contribution in [2.75, 3.05) is 18.5 Å². The van der Waals surface area contributed by atoms with Gasteiger partial charge >= 0.3 is 0 Å². The predicted molar refractivity (Wildman–Crippen MR) is 108 cm³/mol. The number of carbonyl (C=O) groups is 3. The van der Waals surface area contributed by atoms with Crippen LogP contribution in [0.4, 0.5) is 5.69 Å². The zero-order valence-corrected chi connectivity index (χ0v) is 17.1. The summed E-state index contributed by atoms with van der Waals surface area (Å²) in [7, 11) is 1.86. The minimum Gasteiger partial charge on any atom is -0.341 e. The van der Waals surface area contributed by atoms with E-state index in [4.69, 9.17) is 0 Å². The molecule has 4 heterocycles. The summed E-state index contributed by atoms with van der Waals surface area (Å²) in [6.45, 7) is 1.91. The number of fused-ring (bicyclic) bond motifs is 5. The van der Waals surface area contributed by atoms with Crippen molar-refractivity contribution in [1.29, 1.82) is 0 Å². The highest BCUT2D eigenvalue weighted by atomic mass is 16.2. The molecule has 3 atom stereocenters. The van der Waals surface area contributed by atoms with Crippen LogP contribution in [0.2, 0.25) is 0 Å². The summed E-state index contributed by atoms with van der Waals surface area (Å²) in [4.78, 5) is 44.4. The summed E-state index contributed by atoms with van der Waals surface area (Å²) in [6, 6.07) is 8.42. The fourth-order valence-corrected chi connectivity index (χ4v) is 5.74. The maximum Gasteiger partial charge on any atom is 0.258 e. The lowest BCUT2D eigenvalue weighted by Crippen LogP contribution is -2.64. The first kappa shape index (κ1) is 18.6. The Hall–Kier alpha value is -2.41. The maximum absolute atomic E-state index is 13.3. The Bertz CT molecular complexity index is 875. The molecule has 1 N–H and O–H groups in total. The molecule has 0 radical (unpaired) electrons. The Morgan fingerprint density at radius 2 is 1.90 bits per heavy atom. The third-order valence-electron chi connectivity index (χ3n) is 7.43. The molecular formula is C22H28N4O3. The van der Waals surface area contributed by atoms with Gasteiger partial charge in [0.05, 0.1) is 11.3 Å². The second kappa shape index (κ2) is 6.55. The third-order valence-corrected chi connectivity index (χ3v) is 7.43. The average Bonchev–Trinajstić information content (AvgIpc) is 3.22. The van der Waals surface area contributed by atoms with Crippen LogP contribution in [0, 0.1) is 0 Å². The van der Waals surface area contributed by atoms with Gasteiger partial charge in [0.2, 0.25) is 11.8 Å². The SMILES string of the molecule is CN(C(=O)CN1C(=O)c2ccccc2N2C(=O)CCC12C)C1CC2CCC(C1)N2. The van der Waals surface area contributed by atoms with Gasteiger partial charge in [-0.05, 0) is 51.2 Å². The van der Waals surface area contributed by atoms with Crippen LogP contribution in [0.15, 0.2) is 24.3 Å². The minimum absolute atomic E-state index is 0.00318. The van der Waals surface area contributed by atoms with E-state index in [1.54, 1.807) is 21.9 Å². The quantitative estimate of drug-likeness (QED) is 0.845. The first-order valence-corrected chi connectivity index (χ1v) is 10.6. The van der Waals surface area contributed by atoms with Crippen LogP contribution >= 0.6 is 0 Å². The van der Waals surface area contributed by atoms with Gasteiger partial charge in [-0.3, -0.25) is 19.3 Å². The van der Waals surface area contributed by atoms with Crippen LogP contribution in [0.5, 0.6) is 0 Å². The molecule has 3 fully saturated rings. The van der Waals surface area contributed by atoms with E-state index in [0.29, 0.717) is 36.2 Å². The van der Waals surface area contributed by atoms with Crippen molar-refractivity contribution in [2.24, 2.45) is 0 Å². The van der Waals surface area contributed by atoms with E-state index < -0.39 is 5.66 Å². The zero-order valence-electron chi connectivity index (χ0n) is 17.1. The molecule has 3 amide bonds. The second-order valence-electron chi connectivity index (χ2n) is 9.12. The van der Waals surface area contributed by atoms with E-state index in [0.717, 1.165) is 12.8 Å². The van der Waals surface area contributed by atoms with Gasteiger partial charge in [0, 0.05) is 31.6 Å². The highest BCUT2D eigenvalue weighted by Gasteiger charge is 2.53. The molecule has 0 aromatic heterocycles. The summed E-state index contributed by atoms with van der Waals surface area (Å²) >= 11 is 0. The van der Waals surface area contributed by atoms with Crippen LogP contribution in [0.25, 0.3) is 0 Å². The molecule has 0 aliphatic carbocycles. The number of hydrogen-bond acceptors (Lipinski definition) is 4. The minimum atomic E-state index is -0.786. The van der Waals surface area contributed by atoms with Crippen molar-refractivity contribution >= 4 is 23.4 Å². The average molecular weight is 396 g/mol. The number of anilines is 1. The smallest absolute Gasteiger partial charge is 0.258 e. The molecule has 29 heavy (non-hydrogen) atoms. The van der Waals surface area contributed by atoms with Crippen LogP contribution in [-0.4, -0.2) is 64.9 Å². The standard InChI is InChI=1S/C22H28N4O3/c1-22-10-9-19(27)26(22)18-6-4-3-5-17(18)21(29)25(22)13-20(28)24(2)16-11-14-7-8-15(12-16)23-14/h3-6,14-16,23H,7-13H2,1-2H3. The summed E-state index contributed by atoms with van der Waals surface area (Å²) in [5.74, 6) is -0.209. The monoisotopic (exact) mass is 396 g/mol. The number of likely N-dealkylation sites (N-methyl/N-ethyl adjacent to an activating group) is 1. The van der Waals surface area contributed by atoms with Gasteiger partial charge < -0.3 is 15.1 Å². The number of benzene rings is 1. The zero-order chi connectivity index (χ0) is 20.3. The van der Waals surface area contributed by atoms with Crippen LogP contribution in [-0.2, 0) is 9.59 Å². The normalized spacial score (nSPS) is 33.0. The molecule has 0 saturated carbocycles. The Morgan fingerprint density at radius 1 is 1.21 bits per heavy atom. The number of carbonyl (C=O) groups excluding carboxylic acids is 3. The highest BCUT2D eigenvalue weighted by molar-refractivity contribution is 6.11. The van der Waals surface area contributed by atoms with E-state index in [2.05, 4.69) is 5.32 Å². The van der Waals surface area contributed by atoms with Crippen molar-refractivity contribution in [1.82, 2.24) is 15.1 Å². The van der Waals surface area contributed by atoms with Crippen molar-refractivity contribution in [2.45, 2.75) is 69.2 Å². The first-order valence-electron chi connectivity index (χ1n) is 10.6. The van der Waals surface area contributed by atoms with Crippen molar-refractivity contribution in [3.05, 3.63) is 29.8 Å². The number of para-hydroxylation sites is 1. The van der Waals surface area contributed by atoms with Crippen molar-refractivity contribution in [3.63, 3.8) is 0 Å². The van der Waals surface area contributed by atoms with Crippen molar-refractivity contribution < 1.29 is 14.4 Å². The van der Waals surface area contributed by atoms with Crippen molar-refractivity contribution in [3.8, 4) is 0 Å². The Kier molecular flexibility index (Phi) is 4.21. The molecule has 7 heteroatoms. The molecule has 1 aromatic carbocycles. The van der Waals surface area contributed by atoms with Gasteiger partial charge in [-0.25, -0.2) is 0 Å². The molecule has 4 aliphatic heterocycles. The lowest BCUT2D eigenvalue weighted by atomic mass is 9.97. The maximum atomic E-state index is 13.3. The molecular weight excluding hydrogens is 368 g/mol. The number of nitrogens with zero attached hydrogens (tertiary/aromatic N) is 3.